The molecule has 1 N–H and O–H groups in total. The van der Waals surface area contributed by atoms with E-state index in [-0.39, 0.29) is 5.56 Å². The Labute approximate surface area is 125 Å². The van der Waals surface area contributed by atoms with E-state index in [1.54, 1.807) is 12.5 Å². The van der Waals surface area contributed by atoms with Gasteiger partial charge in [0.15, 0.2) is 0 Å². The monoisotopic (exact) mass is 340 g/mol. The smallest absolute Gasteiger partial charge is 0.283 e. The van der Waals surface area contributed by atoms with Crippen molar-refractivity contribution in [3.63, 3.8) is 0 Å². The lowest BCUT2D eigenvalue weighted by Crippen LogP contribution is -2.24. The van der Waals surface area contributed by atoms with Gasteiger partial charge in [0.25, 0.3) is 5.56 Å². The van der Waals surface area contributed by atoms with Crippen molar-refractivity contribution in [3.05, 3.63) is 33.2 Å². The molecule has 2 rings (SSSR count). The van der Waals surface area contributed by atoms with Gasteiger partial charge >= 0.3 is 0 Å². The number of nitrogens with one attached hydrogen (secondary N) is 1. The average Bonchev–Trinajstić information content (AvgIpc) is 2.84. The fourth-order valence-electron chi connectivity index (χ4n) is 1.80. The van der Waals surface area contributed by atoms with Gasteiger partial charge in [0.2, 0.25) is 0 Å². The van der Waals surface area contributed by atoms with Gasteiger partial charge in [-0.05, 0) is 22.4 Å². The molecule has 0 aromatic carbocycles. The Morgan fingerprint density at radius 2 is 2.25 bits per heavy atom. The predicted molar refractivity (Wildman–Crippen MR) is 79.7 cm³/mol. The third kappa shape index (κ3) is 3.24. The Morgan fingerprint density at radius 3 is 2.90 bits per heavy atom. The minimum atomic E-state index is -0.115. The SMILES string of the molecule is CCCn1ncc(NCCc2nncn2C)c(Br)c1=O. The lowest BCUT2D eigenvalue weighted by Gasteiger charge is -2.09. The summed E-state index contributed by atoms with van der Waals surface area (Å²) < 4.78 is 3.84. The first-order valence-electron chi connectivity index (χ1n) is 6.45. The number of aromatic nitrogens is 5. The molecular weight excluding hydrogens is 324 g/mol. The molecule has 0 atom stereocenters. The Kier molecular flexibility index (Phi) is 4.89. The van der Waals surface area contributed by atoms with Crippen LogP contribution in [0.5, 0.6) is 0 Å². The van der Waals surface area contributed by atoms with E-state index in [0.717, 1.165) is 18.7 Å². The standard InChI is InChI=1S/C12H17BrN6O/c1-3-6-19-12(20)11(13)9(7-16-19)14-5-4-10-17-15-8-18(10)2/h7-8,14H,3-6H2,1-2H3. The van der Waals surface area contributed by atoms with Crippen LogP contribution in [0.3, 0.4) is 0 Å². The minimum Gasteiger partial charge on any atom is -0.382 e. The van der Waals surface area contributed by atoms with Crippen molar-refractivity contribution in [2.75, 3.05) is 11.9 Å². The molecule has 7 nitrogen and oxygen atoms in total. The first-order valence-corrected chi connectivity index (χ1v) is 7.25. The summed E-state index contributed by atoms with van der Waals surface area (Å²) in [5.41, 5.74) is 0.583. The Bertz CT molecular complexity index is 635. The summed E-state index contributed by atoms with van der Waals surface area (Å²) in [6, 6.07) is 0. The number of aryl methyl sites for hydroxylation is 2. The molecule has 2 aromatic heterocycles. The molecule has 0 fully saturated rings. The molecular formula is C12H17BrN6O. The van der Waals surface area contributed by atoms with Crippen molar-refractivity contribution in [1.29, 1.82) is 0 Å². The largest absolute Gasteiger partial charge is 0.382 e. The fourth-order valence-corrected chi connectivity index (χ4v) is 2.25. The molecule has 0 bridgehead atoms. The number of anilines is 1. The molecule has 108 valence electrons. The van der Waals surface area contributed by atoms with E-state index >= 15 is 0 Å². The zero-order chi connectivity index (χ0) is 14.5. The number of hydrogen-bond acceptors (Lipinski definition) is 5. The first-order chi connectivity index (χ1) is 9.63. The lowest BCUT2D eigenvalue weighted by atomic mass is 10.3. The van der Waals surface area contributed by atoms with E-state index in [2.05, 4.69) is 36.5 Å². The van der Waals surface area contributed by atoms with Crippen LogP contribution in [-0.2, 0) is 20.0 Å². The summed E-state index contributed by atoms with van der Waals surface area (Å²) in [7, 11) is 1.90. The summed E-state index contributed by atoms with van der Waals surface area (Å²) >= 11 is 3.33. The summed E-state index contributed by atoms with van der Waals surface area (Å²) in [5.74, 6) is 0.890. The Morgan fingerprint density at radius 1 is 1.45 bits per heavy atom. The van der Waals surface area contributed by atoms with Crippen LogP contribution < -0.4 is 10.9 Å². The van der Waals surface area contributed by atoms with Gasteiger partial charge in [0.05, 0.1) is 11.9 Å². The van der Waals surface area contributed by atoms with E-state index in [0.29, 0.717) is 23.2 Å². The van der Waals surface area contributed by atoms with Gasteiger partial charge in [-0.3, -0.25) is 4.79 Å². The van der Waals surface area contributed by atoms with Crippen LogP contribution in [0, 0.1) is 0 Å². The van der Waals surface area contributed by atoms with E-state index in [1.807, 2.05) is 18.5 Å². The topological polar surface area (TPSA) is 77.6 Å². The normalized spacial score (nSPS) is 10.8. The minimum absolute atomic E-state index is 0.115. The van der Waals surface area contributed by atoms with Gasteiger partial charge in [-0.15, -0.1) is 10.2 Å². The highest BCUT2D eigenvalue weighted by Gasteiger charge is 2.08. The molecule has 8 heteroatoms. The fraction of sp³-hybridized carbons (Fsp3) is 0.500. The number of hydrogen-bond donors (Lipinski definition) is 1. The molecule has 0 saturated carbocycles. The quantitative estimate of drug-likeness (QED) is 0.854. The van der Waals surface area contributed by atoms with Gasteiger partial charge < -0.3 is 9.88 Å². The summed E-state index contributed by atoms with van der Waals surface area (Å²) in [6.07, 6.45) is 4.93. The maximum atomic E-state index is 12.0. The molecule has 0 aliphatic heterocycles. The summed E-state index contributed by atoms with van der Waals surface area (Å²) in [5, 5.41) is 15.2. The zero-order valence-corrected chi connectivity index (χ0v) is 13.1. The van der Waals surface area contributed by atoms with Crippen LogP contribution in [0.2, 0.25) is 0 Å². The molecule has 0 aliphatic rings. The van der Waals surface area contributed by atoms with E-state index < -0.39 is 0 Å². The Hall–Kier alpha value is -1.70. The maximum absolute atomic E-state index is 12.0. The van der Waals surface area contributed by atoms with Crippen molar-refractivity contribution in [1.82, 2.24) is 24.5 Å². The summed E-state index contributed by atoms with van der Waals surface area (Å²) in [6.45, 7) is 3.29. The Balaban J connectivity index is 2.02. The molecule has 0 radical (unpaired) electrons. The van der Waals surface area contributed by atoms with Crippen molar-refractivity contribution >= 4 is 21.6 Å². The van der Waals surface area contributed by atoms with Crippen molar-refractivity contribution in [2.24, 2.45) is 7.05 Å². The highest BCUT2D eigenvalue weighted by atomic mass is 79.9. The first kappa shape index (κ1) is 14.7. The maximum Gasteiger partial charge on any atom is 0.283 e. The van der Waals surface area contributed by atoms with Crippen LogP contribution >= 0.6 is 15.9 Å². The van der Waals surface area contributed by atoms with Crippen LogP contribution in [0.1, 0.15) is 19.2 Å². The van der Waals surface area contributed by atoms with Gasteiger partial charge in [-0.1, -0.05) is 6.92 Å². The average molecular weight is 341 g/mol. The number of rotatable bonds is 6. The van der Waals surface area contributed by atoms with E-state index in [1.165, 1.54) is 4.68 Å². The van der Waals surface area contributed by atoms with Crippen molar-refractivity contribution in [3.8, 4) is 0 Å². The number of halogens is 1. The zero-order valence-electron chi connectivity index (χ0n) is 11.5. The molecule has 2 heterocycles. The van der Waals surface area contributed by atoms with E-state index in [9.17, 15) is 4.79 Å². The molecule has 0 spiro atoms. The summed E-state index contributed by atoms with van der Waals surface area (Å²) in [4.78, 5) is 12.0. The second-order valence-corrected chi connectivity index (χ2v) is 5.23. The van der Waals surface area contributed by atoms with Crippen molar-refractivity contribution < 1.29 is 0 Å². The second kappa shape index (κ2) is 6.65. The molecule has 0 unspecified atom stereocenters. The van der Waals surface area contributed by atoms with Gasteiger partial charge in [0.1, 0.15) is 16.6 Å². The highest BCUT2D eigenvalue weighted by molar-refractivity contribution is 9.10. The van der Waals surface area contributed by atoms with Gasteiger partial charge in [0, 0.05) is 26.6 Å². The molecule has 0 saturated heterocycles. The van der Waals surface area contributed by atoms with Crippen LogP contribution in [0.25, 0.3) is 0 Å². The van der Waals surface area contributed by atoms with Crippen molar-refractivity contribution in [2.45, 2.75) is 26.3 Å². The van der Waals surface area contributed by atoms with Crippen LogP contribution in [0.4, 0.5) is 5.69 Å². The predicted octanol–water partition coefficient (Wildman–Crippen LogP) is 1.20. The van der Waals surface area contributed by atoms with Gasteiger partial charge in [-0.2, -0.15) is 5.10 Å². The van der Waals surface area contributed by atoms with Crippen LogP contribution in [0.15, 0.2) is 21.8 Å². The molecule has 0 aliphatic carbocycles. The third-order valence-corrected chi connectivity index (χ3v) is 3.66. The highest BCUT2D eigenvalue weighted by Crippen LogP contribution is 2.16. The lowest BCUT2D eigenvalue weighted by molar-refractivity contribution is 0.566. The molecule has 20 heavy (non-hydrogen) atoms. The van der Waals surface area contributed by atoms with E-state index in [4.69, 9.17) is 0 Å². The second-order valence-electron chi connectivity index (χ2n) is 4.44. The molecule has 2 aromatic rings. The third-order valence-electron chi connectivity index (χ3n) is 2.89. The van der Waals surface area contributed by atoms with Gasteiger partial charge in [-0.25, -0.2) is 4.68 Å². The molecule has 0 amide bonds. The number of nitrogens with zero attached hydrogens (tertiary/aromatic N) is 5. The van der Waals surface area contributed by atoms with Crippen LogP contribution in [-0.4, -0.2) is 31.1 Å².